The van der Waals surface area contributed by atoms with Crippen molar-refractivity contribution in [2.45, 2.75) is 19.4 Å². The van der Waals surface area contributed by atoms with Crippen molar-refractivity contribution >= 4 is 12.0 Å². The average molecular weight is 355 g/mol. The zero-order chi connectivity index (χ0) is 18.7. The molecule has 0 unspecified atom stereocenters. The van der Waals surface area contributed by atoms with Gasteiger partial charge in [-0.15, -0.1) is 0 Å². The number of benzene rings is 1. The fraction of sp³-hybridized carbons (Fsp3) is 0.250. The van der Waals surface area contributed by atoms with E-state index in [1.54, 1.807) is 30.3 Å². The minimum Gasteiger partial charge on any atom is -0.494 e. The molecule has 0 atom stereocenters. The molecule has 0 bridgehead atoms. The quantitative estimate of drug-likeness (QED) is 0.566. The molecule has 136 valence electrons. The second kappa shape index (κ2) is 7.49. The smallest absolute Gasteiger partial charge is 0.337 e. The summed E-state index contributed by atoms with van der Waals surface area (Å²) in [7, 11) is 1.32. The number of allylic oxidation sites excluding steroid dienone is 2. The number of hydrogen-bond donors (Lipinski definition) is 3. The number of aliphatic hydroxyl groups is 1. The number of methoxy groups -OCH3 is 1. The summed E-state index contributed by atoms with van der Waals surface area (Å²) >= 11 is 0. The summed E-state index contributed by atoms with van der Waals surface area (Å²) in [4.78, 5) is 11.5. The van der Waals surface area contributed by atoms with Crippen LogP contribution in [0.2, 0.25) is 0 Å². The number of esters is 1. The van der Waals surface area contributed by atoms with Crippen LogP contribution in [0.4, 0.5) is 0 Å². The number of hydrogen-bond acceptors (Lipinski definition) is 5. The molecule has 1 aromatic heterocycles. The van der Waals surface area contributed by atoms with Crippen molar-refractivity contribution in [2.24, 2.45) is 0 Å². The Morgan fingerprint density at radius 3 is 2.19 bits per heavy atom. The largest absolute Gasteiger partial charge is 0.494 e. The summed E-state index contributed by atoms with van der Waals surface area (Å²) in [5.41, 5.74) is 3.30. The Hall–Kier alpha value is -2.99. The second-order valence-electron chi connectivity index (χ2n) is 6.14. The lowest BCUT2D eigenvalue weighted by molar-refractivity contribution is 0.0600. The van der Waals surface area contributed by atoms with E-state index in [2.05, 4.69) is 4.74 Å². The maximum atomic E-state index is 11.5. The Bertz CT molecular complexity index is 843. The molecule has 1 aliphatic carbocycles. The molecule has 0 radical (unpaired) electrons. The van der Waals surface area contributed by atoms with Crippen molar-refractivity contribution in [3.63, 3.8) is 0 Å². The minimum atomic E-state index is -0.413. The number of fused-ring (bicyclic) bond motifs is 1. The van der Waals surface area contributed by atoms with E-state index in [0.717, 1.165) is 16.7 Å². The van der Waals surface area contributed by atoms with Gasteiger partial charge in [0.05, 0.1) is 25.8 Å². The molecule has 3 N–H and O–H groups in total. The van der Waals surface area contributed by atoms with Crippen LogP contribution in [0.25, 0.3) is 6.08 Å². The van der Waals surface area contributed by atoms with Crippen LogP contribution in [0.15, 0.2) is 42.0 Å². The highest BCUT2D eigenvalue weighted by molar-refractivity contribution is 5.89. The predicted molar refractivity (Wildman–Crippen MR) is 97.2 cm³/mol. The van der Waals surface area contributed by atoms with E-state index in [0.29, 0.717) is 24.0 Å². The molecule has 0 spiro atoms. The van der Waals surface area contributed by atoms with E-state index in [9.17, 15) is 20.1 Å². The van der Waals surface area contributed by atoms with Crippen molar-refractivity contribution in [3.8, 4) is 11.8 Å². The molecule has 1 aromatic carbocycles. The van der Waals surface area contributed by atoms with Crippen molar-refractivity contribution in [2.75, 3.05) is 13.7 Å². The topological polar surface area (TPSA) is 91.9 Å². The summed E-state index contributed by atoms with van der Waals surface area (Å²) in [5, 5.41) is 30.5. The van der Waals surface area contributed by atoms with Gasteiger partial charge in [0.15, 0.2) is 11.8 Å². The van der Waals surface area contributed by atoms with E-state index in [1.807, 2.05) is 12.2 Å². The van der Waals surface area contributed by atoms with Crippen LogP contribution in [0.1, 0.15) is 27.0 Å². The number of aliphatic hydroxyl groups excluding tert-OH is 1. The van der Waals surface area contributed by atoms with E-state index in [1.165, 1.54) is 11.7 Å². The fourth-order valence-electron chi connectivity index (χ4n) is 3.09. The maximum Gasteiger partial charge on any atom is 0.337 e. The van der Waals surface area contributed by atoms with E-state index < -0.39 is 5.97 Å². The molecule has 26 heavy (non-hydrogen) atoms. The molecule has 0 saturated heterocycles. The van der Waals surface area contributed by atoms with Crippen LogP contribution in [-0.4, -0.2) is 39.6 Å². The highest BCUT2D eigenvalue weighted by Crippen LogP contribution is 2.37. The Morgan fingerprint density at radius 2 is 1.69 bits per heavy atom. The van der Waals surface area contributed by atoms with Gasteiger partial charge in [0.2, 0.25) is 0 Å². The third kappa shape index (κ3) is 3.36. The van der Waals surface area contributed by atoms with Crippen LogP contribution in [0, 0.1) is 0 Å². The standard InChI is InChI=1S/C20H21NO5/c1-26-20(25)15-8-6-13(7-9-15)10-14(12-22)11-21-18(23)16-4-2-3-5-17(16)19(21)24/h2-3,6-10,22-24H,4-5,11-12H2,1H3. The van der Waals surface area contributed by atoms with Crippen LogP contribution >= 0.6 is 0 Å². The van der Waals surface area contributed by atoms with Crippen molar-refractivity contribution in [3.05, 3.63) is 64.2 Å². The van der Waals surface area contributed by atoms with E-state index in [-0.39, 0.29) is 24.9 Å². The highest BCUT2D eigenvalue weighted by Gasteiger charge is 2.22. The van der Waals surface area contributed by atoms with Crippen LogP contribution < -0.4 is 0 Å². The summed E-state index contributed by atoms with van der Waals surface area (Å²) in [6.45, 7) is -0.0569. The lowest BCUT2D eigenvalue weighted by Gasteiger charge is -2.10. The molecule has 0 aliphatic heterocycles. The summed E-state index contributed by atoms with van der Waals surface area (Å²) < 4.78 is 6.07. The van der Waals surface area contributed by atoms with Gasteiger partial charge >= 0.3 is 5.97 Å². The maximum absolute atomic E-state index is 11.5. The van der Waals surface area contributed by atoms with Gasteiger partial charge in [-0.3, -0.25) is 4.57 Å². The summed E-state index contributed by atoms with van der Waals surface area (Å²) in [6.07, 6.45) is 6.83. The van der Waals surface area contributed by atoms with Gasteiger partial charge in [-0.05, 0) is 36.1 Å². The first-order valence-electron chi connectivity index (χ1n) is 8.31. The third-order valence-electron chi connectivity index (χ3n) is 4.49. The normalized spacial score (nSPS) is 13.5. The molecule has 0 amide bonds. The SMILES string of the molecule is COC(=O)c1ccc(C=C(CO)Cn2c(O)c3c(c2O)CC=CC3)cc1. The average Bonchev–Trinajstić information content (AvgIpc) is 2.92. The minimum absolute atomic E-state index is 0.0299. The van der Waals surface area contributed by atoms with Gasteiger partial charge in [0, 0.05) is 11.1 Å². The highest BCUT2D eigenvalue weighted by atomic mass is 16.5. The third-order valence-corrected chi connectivity index (χ3v) is 4.49. The summed E-state index contributed by atoms with van der Waals surface area (Å²) in [6, 6.07) is 6.77. The van der Waals surface area contributed by atoms with Crippen LogP contribution in [-0.2, 0) is 24.1 Å². The van der Waals surface area contributed by atoms with Crippen molar-refractivity contribution < 1.29 is 24.9 Å². The molecule has 6 heteroatoms. The summed E-state index contributed by atoms with van der Waals surface area (Å²) in [5.74, 6) is -0.353. The Morgan fingerprint density at radius 1 is 1.12 bits per heavy atom. The molecular formula is C20H21NO5. The predicted octanol–water partition coefficient (Wildman–Crippen LogP) is 2.42. The molecular weight excluding hydrogens is 334 g/mol. The lowest BCUT2D eigenvalue weighted by atomic mass is 10.0. The molecule has 3 rings (SSSR count). The fourth-order valence-corrected chi connectivity index (χ4v) is 3.09. The Labute approximate surface area is 151 Å². The molecule has 2 aromatic rings. The second-order valence-corrected chi connectivity index (χ2v) is 6.14. The van der Waals surface area contributed by atoms with Crippen LogP contribution in [0.5, 0.6) is 11.8 Å². The molecule has 0 saturated carbocycles. The first-order chi connectivity index (χ1) is 12.5. The first kappa shape index (κ1) is 17.8. The number of aromatic nitrogens is 1. The molecule has 1 heterocycles. The molecule has 0 fully saturated rings. The number of ether oxygens (including phenoxy) is 1. The van der Waals surface area contributed by atoms with Crippen molar-refractivity contribution in [1.82, 2.24) is 4.57 Å². The van der Waals surface area contributed by atoms with E-state index in [4.69, 9.17) is 0 Å². The number of rotatable bonds is 5. The van der Waals surface area contributed by atoms with E-state index >= 15 is 0 Å². The lowest BCUT2D eigenvalue weighted by Crippen LogP contribution is -2.04. The van der Waals surface area contributed by atoms with Gasteiger partial charge in [-0.2, -0.15) is 0 Å². The molecule has 6 nitrogen and oxygen atoms in total. The van der Waals surface area contributed by atoms with Gasteiger partial charge < -0.3 is 20.1 Å². The molecule has 1 aliphatic rings. The van der Waals surface area contributed by atoms with Gasteiger partial charge in [-0.1, -0.05) is 30.4 Å². The number of carbonyl (C=O) groups excluding carboxylic acids is 1. The zero-order valence-corrected chi connectivity index (χ0v) is 14.5. The number of aromatic hydroxyl groups is 2. The van der Waals surface area contributed by atoms with Crippen LogP contribution in [0.3, 0.4) is 0 Å². The van der Waals surface area contributed by atoms with Crippen molar-refractivity contribution in [1.29, 1.82) is 0 Å². The van der Waals surface area contributed by atoms with Gasteiger partial charge in [-0.25, -0.2) is 4.79 Å². The Balaban J connectivity index is 1.85. The Kier molecular flexibility index (Phi) is 5.14. The zero-order valence-electron chi connectivity index (χ0n) is 14.5. The first-order valence-corrected chi connectivity index (χ1v) is 8.31. The van der Waals surface area contributed by atoms with Gasteiger partial charge in [0.25, 0.3) is 0 Å². The number of carbonyl (C=O) groups is 1. The van der Waals surface area contributed by atoms with Gasteiger partial charge in [0.1, 0.15) is 0 Å². The monoisotopic (exact) mass is 355 g/mol. The number of nitrogens with zero attached hydrogens (tertiary/aromatic N) is 1.